The highest BCUT2D eigenvalue weighted by atomic mass is 32.2. The molecule has 0 saturated carbocycles. The van der Waals surface area contributed by atoms with Gasteiger partial charge in [-0.15, -0.1) is 16.9 Å². The lowest BCUT2D eigenvalue weighted by molar-refractivity contribution is -0.192. The number of rotatable bonds is 7. The van der Waals surface area contributed by atoms with Gasteiger partial charge >= 0.3 is 11.9 Å². The number of hydrogen-bond donors (Lipinski definition) is 3. The SMILES string of the molecule is COC1(NC(=O)Cc2nnn[nH]2)C(=O)N2C(C(=O)O)=C(COC(C)=O)CS[C@H]21. The standard InChI is InChI=1S/C14H16N6O7S/c1-6(21)27-4-7-5-28-13-14(26-2,12(25)20(13)10(7)11(23)24)15-9(22)3-8-16-18-19-17-8/h13H,3-5H2,1-2H3,(H,15,22)(H,23,24)(H,16,17,18,19)/t13-,14?/m0/s1. The molecule has 2 amide bonds. The number of fused-ring (bicyclic) bond motifs is 1. The van der Waals surface area contributed by atoms with Gasteiger partial charge in [0.2, 0.25) is 5.91 Å². The molecule has 0 spiro atoms. The molecule has 2 aliphatic heterocycles. The normalized spacial score (nSPS) is 23.7. The number of hydrogen-bond acceptors (Lipinski definition) is 10. The molecule has 3 N–H and O–H groups in total. The van der Waals surface area contributed by atoms with Crippen LogP contribution in [0.15, 0.2) is 11.3 Å². The summed E-state index contributed by atoms with van der Waals surface area (Å²) in [6, 6.07) is 0. The summed E-state index contributed by atoms with van der Waals surface area (Å²) >= 11 is 1.18. The van der Waals surface area contributed by atoms with Gasteiger partial charge < -0.3 is 19.9 Å². The van der Waals surface area contributed by atoms with Crippen molar-refractivity contribution in [3.63, 3.8) is 0 Å². The monoisotopic (exact) mass is 412 g/mol. The van der Waals surface area contributed by atoms with Gasteiger partial charge in [-0.1, -0.05) is 0 Å². The van der Waals surface area contributed by atoms with Crippen molar-refractivity contribution in [2.75, 3.05) is 19.5 Å². The van der Waals surface area contributed by atoms with Crippen LogP contribution < -0.4 is 5.32 Å². The summed E-state index contributed by atoms with van der Waals surface area (Å²) in [5, 5.41) is 24.0. The van der Waals surface area contributed by atoms with Gasteiger partial charge in [0, 0.05) is 25.4 Å². The van der Waals surface area contributed by atoms with Crippen LogP contribution in [0.25, 0.3) is 0 Å². The Labute approximate surface area is 161 Å². The minimum absolute atomic E-state index is 0.177. The molecule has 150 valence electrons. The number of nitrogens with one attached hydrogen (secondary N) is 2. The minimum atomic E-state index is -1.72. The van der Waals surface area contributed by atoms with Gasteiger partial charge in [0.25, 0.3) is 11.6 Å². The molecule has 0 radical (unpaired) electrons. The smallest absolute Gasteiger partial charge is 0.352 e. The molecule has 13 nitrogen and oxygen atoms in total. The van der Waals surface area contributed by atoms with E-state index < -0.39 is 34.9 Å². The zero-order valence-electron chi connectivity index (χ0n) is 14.8. The number of aromatic nitrogens is 4. The lowest BCUT2D eigenvalue weighted by atomic mass is 9.98. The van der Waals surface area contributed by atoms with Crippen molar-refractivity contribution in [3.8, 4) is 0 Å². The molecule has 3 rings (SSSR count). The number of H-pyrrole nitrogens is 1. The van der Waals surface area contributed by atoms with E-state index in [2.05, 4.69) is 25.9 Å². The molecular formula is C14H16N6O7S. The fourth-order valence-corrected chi connectivity index (χ4v) is 4.32. The van der Waals surface area contributed by atoms with Crippen molar-refractivity contribution >= 4 is 35.5 Å². The van der Waals surface area contributed by atoms with Crippen LogP contribution in [-0.4, -0.2) is 85.0 Å². The summed E-state index contributed by atoms with van der Waals surface area (Å²) in [5.74, 6) is -2.87. The van der Waals surface area contributed by atoms with Gasteiger partial charge in [-0.2, -0.15) is 0 Å². The van der Waals surface area contributed by atoms with E-state index in [1.807, 2.05) is 0 Å². The lowest BCUT2D eigenvalue weighted by Gasteiger charge is -2.55. The number of carboxylic acid groups (broad SMARTS) is 1. The number of amides is 2. The minimum Gasteiger partial charge on any atom is -0.477 e. The maximum atomic E-state index is 12.8. The van der Waals surface area contributed by atoms with Crippen molar-refractivity contribution in [2.24, 2.45) is 0 Å². The third-order valence-electron chi connectivity index (χ3n) is 4.13. The summed E-state index contributed by atoms with van der Waals surface area (Å²) < 4.78 is 10.2. The molecule has 0 aromatic carbocycles. The molecule has 2 aliphatic rings. The summed E-state index contributed by atoms with van der Waals surface area (Å²) in [7, 11) is 1.24. The number of nitrogens with zero attached hydrogens (tertiary/aromatic N) is 4. The molecule has 1 saturated heterocycles. The highest BCUT2D eigenvalue weighted by Gasteiger charge is 2.66. The van der Waals surface area contributed by atoms with Crippen LogP contribution in [-0.2, 0) is 35.1 Å². The number of thioether (sulfide) groups is 1. The maximum absolute atomic E-state index is 12.8. The summed E-state index contributed by atoms with van der Waals surface area (Å²) in [6.45, 7) is 0.954. The number of ether oxygens (including phenoxy) is 2. The number of esters is 1. The molecule has 28 heavy (non-hydrogen) atoms. The largest absolute Gasteiger partial charge is 0.477 e. The number of carbonyl (C=O) groups excluding carboxylic acids is 3. The van der Waals surface area contributed by atoms with Crippen LogP contribution in [0.2, 0.25) is 0 Å². The van der Waals surface area contributed by atoms with Crippen LogP contribution in [0, 0.1) is 0 Å². The molecule has 14 heteroatoms. The predicted molar refractivity (Wildman–Crippen MR) is 90.2 cm³/mol. The first-order valence-electron chi connectivity index (χ1n) is 7.93. The predicted octanol–water partition coefficient (Wildman–Crippen LogP) is -1.98. The second kappa shape index (κ2) is 7.55. The van der Waals surface area contributed by atoms with Crippen LogP contribution in [0.3, 0.4) is 0 Å². The van der Waals surface area contributed by atoms with E-state index in [-0.39, 0.29) is 35.9 Å². The van der Waals surface area contributed by atoms with Crippen LogP contribution in [0.1, 0.15) is 12.7 Å². The highest BCUT2D eigenvalue weighted by molar-refractivity contribution is 8.00. The Morgan fingerprint density at radius 3 is 2.79 bits per heavy atom. The highest BCUT2D eigenvalue weighted by Crippen LogP contribution is 2.46. The number of aromatic amines is 1. The summed E-state index contributed by atoms with van der Waals surface area (Å²) in [5.41, 5.74) is -1.72. The lowest BCUT2D eigenvalue weighted by Crippen LogP contribution is -2.80. The molecule has 1 fully saturated rings. The van der Waals surface area contributed by atoms with Crippen molar-refractivity contribution < 1.29 is 33.8 Å². The number of methoxy groups -OCH3 is 1. The number of aliphatic carboxylic acids is 1. The van der Waals surface area contributed by atoms with Gasteiger partial charge in [-0.3, -0.25) is 19.3 Å². The number of β-lactam (4-membered cyclic amide) rings is 1. The van der Waals surface area contributed by atoms with E-state index in [4.69, 9.17) is 9.47 Å². The summed E-state index contributed by atoms with van der Waals surface area (Å²) in [4.78, 5) is 48.9. The van der Waals surface area contributed by atoms with E-state index in [1.54, 1.807) is 0 Å². The maximum Gasteiger partial charge on any atom is 0.352 e. The molecule has 1 unspecified atom stereocenters. The average Bonchev–Trinajstić information content (AvgIpc) is 3.15. The van der Waals surface area contributed by atoms with Crippen molar-refractivity contribution in [1.29, 1.82) is 0 Å². The third-order valence-corrected chi connectivity index (χ3v) is 5.50. The van der Waals surface area contributed by atoms with Crippen molar-refractivity contribution in [2.45, 2.75) is 24.4 Å². The van der Waals surface area contributed by atoms with E-state index in [0.717, 1.165) is 4.90 Å². The van der Waals surface area contributed by atoms with Crippen molar-refractivity contribution in [1.82, 2.24) is 30.8 Å². The van der Waals surface area contributed by atoms with Crippen LogP contribution in [0.5, 0.6) is 0 Å². The molecule has 0 aliphatic carbocycles. The van der Waals surface area contributed by atoms with E-state index in [0.29, 0.717) is 0 Å². The van der Waals surface area contributed by atoms with Crippen molar-refractivity contribution in [3.05, 3.63) is 17.1 Å². The first-order valence-corrected chi connectivity index (χ1v) is 8.97. The van der Waals surface area contributed by atoms with Gasteiger partial charge in [-0.25, -0.2) is 9.89 Å². The Bertz CT molecular complexity index is 856. The van der Waals surface area contributed by atoms with Gasteiger partial charge in [0.1, 0.15) is 17.7 Å². The zero-order valence-corrected chi connectivity index (χ0v) is 15.6. The average molecular weight is 412 g/mol. The Morgan fingerprint density at radius 1 is 1.46 bits per heavy atom. The molecular weight excluding hydrogens is 396 g/mol. The van der Waals surface area contributed by atoms with Crippen LogP contribution in [0.4, 0.5) is 0 Å². The molecule has 1 aromatic heterocycles. The second-order valence-corrected chi connectivity index (χ2v) is 6.96. The fourth-order valence-electron chi connectivity index (χ4n) is 2.90. The van der Waals surface area contributed by atoms with Gasteiger partial charge in [-0.05, 0) is 10.4 Å². The molecule has 2 atom stereocenters. The quantitative estimate of drug-likeness (QED) is 0.257. The first-order chi connectivity index (χ1) is 13.3. The van der Waals surface area contributed by atoms with E-state index in [1.165, 1.54) is 25.8 Å². The fraction of sp³-hybridized carbons (Fsp3) is 0.500. The van der Waals surface area contributed by atoms with E-state index >= 15 is 0 Å². The Balaban J connectivity index is 1.81. The Morgan fingerprint density at radius 2 is 2.21 bits per heavy atom. The van der Waals surface area contributed by atoms with Gasteiger partial charge in [0.05, 0.1) is 6.42 Å². The molecule has 3 heterocycles. The third kappa shape index (κ3) is 3.31. The second-order valence-electron chi connectivity index (χ2n) is 5.89. The Kier molecular flexibility index (Phi) is 5.33. The first kappa shape index (κ1) is 19.8. The van der Waals surface area contributed by atoms with Crippen LogP contribution >= 0.6 is 11.8 Å². The number of tetrazole rings is 1. The van der Waals surface area contributed by atoms with E-state index in [9.17, 15) is 24.3 Å². The van der Waals surface area contributed by atoms with Gasteiger partial charge in [0.15, 0.2) is 5.82 Å². The summed E-state index contributed by atoms with van der Waals surface area (Å²) in [6.07, 6.45) is -0.220. The Hall–Kier alpha value is -3.00. The topological polar surface area (TPSA) is 177 Å². The molecule has 1 aromatic rings. The number of carboxylic acids is 1. The molecule has 0 bridgehead atoms. The number of carbonyl (C=O) groups is 4. The zero-order chi connectivity index (χ0) is 20.5.